The van der Waals surface area contributed by atoms with Crippen LogP contribution in [0.4, 0.5) is 13.2 Å². The van der Waals surface area contributed by atoms with Crippen molar-refractivity contribution in [2.75, 3.05) is 0 Å². The summed E-state index contributed by atoms with van der Waals surface area (Å²) in [6.07, 6.45) is -2.96. The fourth-order valence-electron chi connectivity index (χ4n) is 1.48. The summed E-state index contributed by atoms with van der Waals surface area (Å²) < 4.78 is 35.8. The number of hydrogen-bond donors (Lipinski definition) is 1. The molecule has 0 aromatic rings. The Hall–Kier alpha value is 0.220. The second kappa shape index (κ2) is 5.03. The number of nitrogens with one attached hydrogen (secondary N) is 1. The van der Waals surface area contributed by atoms with Gasteiger partial charge in [0, 0.05) is 15.7 Å². The number of amides is 1. The summed E-state index contributed by atoms with van der Waals surface area (Å²) in [6.45, 7) is 0. The van der Waals surface area contributed by atoms with Crippen molar-refractivity contribution >= 4 is 37.8 Å². The lowest BCUT2D eigenvalue weighted by molar-refractivity contribution is -0.174. The Morgan fingerprint density at radius 1 is 1.20 bits per heavy atom. The van der Waals surface area contributed by atoms with Crippen LogP contribution in [0.2, 0.25) is 0 Å². The fourth-order valence-corrected chi connectivity index (χ4v) is 2.67. The van der Waals surface area contributed by atoms with Crippen molar-refractivity contribution in [1.82, 2.24) is 5.32 Å². The largest absolute Gasteiger partial charge is 0.471 e. The average Bonchev–Trinajstić information content (AvgIpc) is 2.10. The van der Waals surface area contributed by atoms with Gasteiger partial charge in [-0.1, -0.05) is 31.9 Å². The van der Waals surface area contributed by atoms with Crippen LogP contribution in [0.25, 0.3) is 0 Å². The molecule has 1 rings (SSSR count). The summed E-state index contributed by atoms with van der Waals surface area (Å²) in [6, 6.07) is -0.391. The maximum atomic E-state index is 11.9. The molecule has 2 nitrogen and oxygen atoms in total. The van der Waals surface area contributed by atoms with Crippen LogP contribution in [0, 0.1) is 0 Å². The van der Waals surface area contributed by atoms with Crippen LogP contribution >= 0.6 is 31.9 Å². The van der Waals surface area contributed by atoms with E-state index in [1.54, 1.807) is 0 Å². The van der Waals surface area contributed by atoms with E-state index in [9.17, 15) is 18.0 Å². The first-order valence-corrected chi connectivity index (χ1v) is 6.29. The van der Waals surface area contributed by atoms with Crippen molar-refractivity contribution in [3.8, 4) is 0 Å². The van der Waals surface area contributed by atoms with E-state index in [1.165, 1.54) is 0 Å². The first-order chi connectivity index (χ1) is 6.80. The van der Waals surface area contributed by atoms with E-state index < -0.39 is 18.1 Å². The number of alkyl halides is 5. The van der Waals surface area contributed by atoms with E-state index in [2.05, 4.69) is 31.9 Å². The number of carbonyl (C=O) groups is 1. The molecule has 0 spiro atoms. The fraction of sp³-hybridized carbons (Fsp3) is 0.875. The lowest BCUT2D eigenvalue weighted by Crippen LogP contribution is -2.46. The van der Waals surface area contributed by atoms with Crippen LogP contribution in [-0.4, -0.2) is 27.8 Å². The monoisotopic (exact) mass is 351 g/mol. The third kappa shape index (κ3) is 3.94. The number of hydrogen-bond acceptors (Lipinski definition) is 1. The second-order valence-electron chi connectivity index (χ2n) is 3.51. The zero-order valence-electron chi connectivity index (χ0n) is 7.65. The molecule has 0 aliphatic heterocycles. The molecule has 3 atom stereocenters. The molecule has 1 N–H and O–H groups in total. The molecule has 1 amide bonds. The van der Waals surface area contributed by atoms with Crippen LogP contribution in [0.3, 0.4) is 0 Å². The van der Waals surface area contributed by atoms with Gasteiger partial charge in [-0.3, -0.25) is 4.79 Å². The predicted octanol–water partition coefficient (Wildman–Crippen LogP) is 2.74. The SMILES string of the molecule is O=C(N[C@H]1CC[C@@H](Br)[C@@H](Br)C1)C(F)(F)F. The maximum Gasteiger partial charge on any atom is 0.471 e. The first-order valence-electron chi connectivity index (χ1n) is 4.46. The topological polar surface area (TPSA) is 29.1 Å². The lowest BCUT2D eigenvalue weighted by atomic mass is 9.95. The van der Waals surface area contributed by atoms with E-state index in [-0.39, 0.29) is 9.65 Å². The summed E-state index contributed by atoms with van der Waals surface area (Å²) in [5.41, 5.74) is 0. The van der Waals surface area contributed by atoms with Crippen LogP contribution in [-0.2, 0) is 4.79 Å². The van der Waals surface area contributed by atoms with Gasteiger partial charge in [0.15, 0.2) is 0 Å². The highest BCUT2D eigenvalue weighted by Gasteiger charge is 2.40. The minimum atomic E-state index is -4.78. The molecule has 0 heterocycles. The number of carbonyl (C=O) groups excluding carboxylic acids is 1. The molecule has 1 fully saturated rings. The van der Waals surface area contributed by atoms with Crippen molar-refractivity contribution < 1.29 is 18.0 Å². The number of rotatable bonds is 1. The van der Waals surface area contributed by atoms with E-state index in [0.717, 1.165) is 6.42 Å². The standard InChI is InChI=1S/C8H10Br2F3NO/c9-5-2-1-4(3-6(5)10)14-7(15)8(11,12)13/h4-6H,1-3H2,(H,14,15)/t4-,5+,6-/m0/s1. The van der Waals surface area contributed by atoms with Gasteiger partial charge in [0.25, 0.3) is 0 Å². The normalized spacial score (nSPS) is 32.5. The van der Waals surface area contributed by atoms with E-state index in [1.807, 2.05) is 5.32 Å². The molecular weight excluding hydrogens is 343 g/mol. The molecule has 0 aromatic heterocycles. The summed E-state index contributed by atoms with van der Waals surface area (Å²) >= 11 is 6.76. The van der Waals surface area contributed by atoms with Crippen LogP contribution < -0.4 is 5.32 Å². The van der Waals surface area contributed by atoms with E-state index in [4.69, 9.17) is 0 Å². The minimum absolute atomic E-state index is 0.102. The summed E-state index contributed by atoms with van der Waals surface area (Å²) in [5, 5.41) is 2.00. The van der Waals surface area contributed by atoms with Crippen LogP contribution in [0.5, 0.6) is 0 Å². The van der Waals surface area contributed by atoms with Crippen LogP contribution in [0.1, 0.15) is 19.3 Å². The maximum absolute atomic E-state index is 11.9. The van der Waals surface area contributed by atoms with Gasteiger partial charge in [0.1, 0.15) is 0 Å². The summed E-state index contributed by atoms with van der Waals surface area (Å²) in [4.78, 5) is 11.0. The third-order valence-corrected chi connectivity index (χ3v) is 5.10. The number of halogens is 5. The lowest BCUT2D eigenvalue weighted by Gasteiger charge is -2.30. The zero-order chi connectivity index (χ0) is 11.6. The van der Waals surface area contributed by atoms with Crippen molar-refractivity contribution in [3.05, 3.63) is 0 Å². The van der Waals surface area contributed by atoms with Gasteiger partial charge in [-0.15, -0.1) is 0 Å². The molecule has 7 heteroatoms. The molecule has 0 bridgehead atoms. The predicted molar refractivity (Wildman–Crippen MR) is 57.3 cm³/mol. The Labute approximate surface area is 102 Å². The molecule has 1 aliphatic carbocycles. The molecule has 1 aliphatic rings. The Morgan fingerprint density at radius 2 is 1.80 bits per heavy atom. The first kappa shape index (κ1) is 13.3. The molecule has 0 saturated heterocycles. The van der Waals surface area contributed by atoms with Crippen LogP contribution in [0.15, 0.2) is 0 Å². The Morgan fingerprint density at radius 3 is 2.27 bits per heavy atom. The molecule has 0 radical (unpaired) electrons. The average molecular weight is 353 g/mol. The molecule has 0 unspecified atom stereocenters. The molecule has 88 valence electrons. The van der Waals surface area contributed by atoms with Gasteiger partial charge in [-0.2, -0.15) is 13.2 Å². The summed E-state index contributed by atoms with van der Waals surface area (Å²) in [5.74, 6) is -1.85. The highest BCUT2D eigenvalue weighted by molar-refractivity contribution is 9.12. The van der Waals surface area contributed by atoms with E-state index in [0.29, 0.717) is 12.8 Å². The Kier molecular flexibility index (Phi) is 4.46. The van der Waals surface area contributed by atoms with Crippen molar-refractivity contribution in [3.63, 3.8) is 0 Å². The van der Waals surface area contributed by atoms with Crippen molar-refractivity contribution in [2.45, 2.75) is 41.1 Å². The van der Waals surface area contributed by atoms with Gasteiger partial charge in [0.2, 0.25) is 0 Å². The van der Waals surface area contributed by atoms with Gasteiger partial charge < -0.3 is 5.32 Å². The van der Waals surface area contributed by atoms with Gasteiger partial charge in [0.05, 0.1) is 0 Å². The van der Waals surface area contributed by atoms with Crippen molar-refractivity contribution in [1.29, 1.82) is 0 Å². The van der Waals surface area contributed by atoms with Gasteiger partial charge in [-0.05, 0) is 19.3 Å². The smallest absolute Gasteiger partial charge is 0.346 e. The Bertz CT molecular complexity index is 247. The summed E-state index contributed by atoms with van der Waals surface area (Å²) in [7, 11) is 0. The highest BCUT2D eigenvalue weighted by atomic mass is 79.9. The van der Waals surface area contributed by atoms with Gasteiger partial charge in [-0.25, -0.2) is 0 Å². The quantitative estimate of drug-likeness (QED) is 0.722. The molecule has 1 saturated carbocycles. The van der Waals surface area contributed by atoms with E-state index >= 15 is 0 Å². The molecule has 15 heavy (non-hydrogen) atoms. The molecule has 0 aromatic carbocycles. The minimum Gasteiger partial charge on any atom is -0.346 e. The second-order valence-corrected chi connectivity index (χ2v) is 5.87. The zero-order valence-corrected chi connectivity index (χ0v) is 10.8. The molecular formula is C8H10Br2F3NO. The van der Waals surface area contributed by atoms with Crippen molar-refractivity contribution in [2.24, 2.45) is 0 Å². The third-order valence-electron chi connectivity index (χ3n) is 2.29. The van der Waals surface area contributed by atoms with Gasteiger partial charge >= 0.3 is 12.1 Å². The highest BCUT2D eigenvalue weighted by Crippen LogP contribution is 2.30. The Balaban J connectivity index is 2.44.